The molecule has 0 amide bonds. The second-order valence-corrected chi connectivity index (χ2v) is 4.04. The van der Waals surface area contributed by atoms with Crippen LogP contribution in [0.2, 0.25) is 0 Å². The maximum Gasteiger partial charge on any atom is 0.0911 e. The van der Waals surface area contributed by atoms with Gasteiger partial charge in [-0.15, -0.1) is 0 Å². The summed E-state index contributed by atoms with van der Waals surface area (Å²) in [5, 5.41) is 12.5. The molecule has 0 bridgehead atoms. The third-order valence-corrected chi connectivity index (χ3v) is 2.81. The van der Waals surface area contributed by atoms with Crippen LogP contribution in [0.4, 0.5) is 0 Å². The Bertz CT molecular complexity index is 541. The fourth-order valence-corrected chi connectivity index (χ4v) is 1.80. The molecule has 0 heterocycles. The van der Waals surface area contributed by atoms with Gasteiger partial charge in [0.15, 0.2) is 0 Å². The van der Waals surface area contributed by atoms with Gasteiger partial charge in [-0.25, -0.2) is 0 Å². The highest BCUT2D eigenvalue weighted by Gasteiger charge is 2.05. The van der Waals surface area contributed by atoms with Gasteiger partial charge < -0.3 is 5.21 Å². The largest absolute Gasteiger partial charge is 0.411 e. The minimum absolute atomic E-state index is 0.616. The minimum atomic E-state index is 0.616. The Morgan fingerprint density at radius 3 is 2.28 bits per heavy atom. The van der Waals surface area contributed by atoms with E-state index in [1.165, 1.54) is 0 Å². The average Bonchev–Trinajstić information content (AvgIpc) is 2.46. The van der Waals surface area contributed by atoms with Gasteiger partial charge >= 0.3 is 0 Å². The van der Waals surface area contributed by atoms with E-state index in [-0.39, 0.29) is 0 Å². The monoisotopic (exact) mass is 237 g/mol. The summed E-state index contributed by atoms with van der Waals surface area (Å²) in [7, 11) is 0. The molecule has 0 unspecified atom stereocenters. The van der Waals surface area contributed by atoms with Crippen molar-refractivity contribution in [2.24, 2.45) is 5.16 Å². The summed E-state index contributed by atoms with van der Waals surface area (Å²) in [6.07, 6.45) is 2.40. The molecule has 0 aromatic heterocycles. The normalized spacial score (nSPS) is 11.2. The quantitative estimate of drug-likeness (QED) is 0.490. The second-order valence-electron chi connectivity index (χ2n) is 4.04. The van der Waals surface area contributed by atoms with Crippen LogP contribution >= 0.6 is 0 Å². The molecule has 0 saturated heterocycles. The molecule has 0 aliphatic carbocycles. The highest BCUT2D eigenvalue weighted by atomic mass is 16.4. The van der Waals surface area contributed by atoms with E-state index in [9.17, 15) is 0 Å². The molecule has 2 heteroatoms. The topological polar surface area (TPSA) is 32.6 Å². The fraction of sp³-hybridized carbons (Fsp3) is 0.0625. The molecule has 0 spiro atoms. The average molecular weight is 237 g/mol. The van der Waals surface area contributed by atoms with Crippen LogP contribution in [-0.2, 0) is 6.42 Å². The second kappa shape index (κ2) is 5.82. The molecule has 18 heavy (non-hydrogen) atoms. The summed E-state index contributed by atoms with van der Waals surface area (Å²) in [4.78, 5) is 0. The number of oxime groups is 1. The van der Waals surface area contributed by atoms with Gasteiger partial charge in [0.1, 0.15) is 0 Å². The summed E-state index contributed by atoms with van der Waals surface area (Å²) < 4.78 is 0. The first-order valence-corrected chi connectivity index (χ1v) is 5.81. The molecule has 0 atom stereocenters. The maximum absolute atomic E-state index is 9.14. The smallest absolute Gasteiger partial charge is 0.0911 e. The minimum Gasteiger partial charge on any atom is -0.411 e. The van der Waals surface area contributed by atoms with Crippen molar-refractivity contribution < 1.29 is 5.21 Å². The Balaban J connectivity index is 2.21. The van der Waals surface area contributed by atoms with E-state index in [0.717, 1.165) is 16.7 Å². The van der Waals surface area contributed by atoms with Gasteiger partial charge in [-0.05, 0) is 16.7 Å². The van der Waals surface area contributed by atoms with Gasteiger partial charge in [-0.3, -0.25) is 0 Å². The van der Waals surface area contributed by atoms with E-state index in [4.69, 9.17) is 5.21 Å². The van der Waals surface area contributed by atoms with Gasteiger partial charge in [0.25, 0.3) is 0 Å². The number of hydrogen-bond acceptors (Lipinski definition) is 2. The van der Waals surface area contributed by atoms with Crippen molar-refractivity contribution in [2.45, 2.75) is 6.42 Å². The van der Waals surface area contributed by atoms with Gasteiger partial charge in [-0.2, -0.15) is 0 Å². The van der Waals surface area contributed by atoms with Crippen molar-refractivity contribution in [3.05, 3.63) is 77.9 Å². The van der Waals surface area contributed by atoms with Crippen molar-refractivity contribution in [1.29, 1.82) is 0 Å². The van der Waals surface area contributed by atoms with Crippen molar-refractivity contribution in [3.8, 4) is 0 Å². The zero-order valence-electron chi connectivity index (χ0n) is 10.1. The summed E-state index contributed by atoms with van der Waals surface area (Å²) in [5.74, 6) is 0. The first kappa shape index (κ1) is 12.1. The molecular formula is C16H15NO. The highest BCUT2D eigenvalue weighted by Crippen LogP contribution is 2.10. The third kappa shape index (κ3) is 2.86. The van der Waals surface area contributed by atoms with E-state index in [1.807, 2.05) is 54.6 Å². The number of nitrogens with zero attached hydrogens (tertiary/aromatic N) is 1. The Hall–Kier alpha value is -2.35. The fourth-order valence-electron chi connectivity index (χ4n) is 1.80. The predicted octanol–water partition coefficient (Wildman–Crippen LogP) is 3.75. The van der Waals surface area contributed by atoms with Crippen LogP contribution < -0.4 is 0 Å². The van der Waals surface area contributed by atoms with Crippen LogP contribution in [0, 0.1) is 0 Å². The van der Waals surface area contributed by atoms with Gasteiger partial charge in [0.05, 0.1) is 5.71 Å². The lowest BCUT2D eigenvalue weighted by atomic mass is 10.0. The molecule has 0 fully saturated rings. The van der Waals surface area contributed by atoms with Crippen molar-refractivity contribution >= 4 is 11.8 Å². The molecule has 0 aliphatic heterocycles. The standard InChI is InChI=1S/C16H15NO/c1-2-13-8-10-15(11-9-13)16(17-18)12-14-6-4-3-5-7-14/h2-11,18H,1,12H2/b17-16+. The summed E-state index contributed by atoms with van der Waals surface area (Å²) >= 11 is 0. The maximum atomic E-state index is 9.14. The van der Waals surface area contributed by atoms with E-state index in [2.05, 4.69) is 11.7 Å². The lowest BCUT2D eigenvalue weighted by Gasteiger charge is -2.05. The molecular weight excluding hydrogens is 222 g/mol. The lowest BCUT2D eigenvalue weighted by molar-refractivity contribution is 0.318. The number of hydrogen-bond donors (Lipinski definition) is 1. The summed E-state index contributed by atoms with van der Waals surface area (Å²) in [6.45, 7) is 3.71. The number of rotatable bonds is 4. The first-order valence-electron chi connectivity index (χ1n) is 5.81. The van der Waals surface area contributed by atoms with Crippen LogP contribution in [0.5, 0.6) is 0 Å². The van der Waals surface area contributed by atoms with Gasteiger partial charge in [-0.1, -0.05) is 72.4 Å². The van der Waals surface area contributed by atoms with E-state index in [0.29, 0.717) is 12.1 Å². The molecule has 0 saturated carbocycles. The predicted molar refractivity (Wildman–Crippen MR) is 75.0 cm³/mol. The SMILES string of the molecule is C=Cc1ccc(/C(Cc2ccccc2)=N/O)cc1. The zero-order chi connectivity index (χ0) is 12.8. The van der Waals surface area contributed by atoms with Crippen LogP contribution in [0.1, 0.15) is 16.7 Å². The molecule has 0 aliphatic rings. The van der Waals surface area contributed by atoms with Crippen molar-refractivity contribution in [2.75, 3.05) is 0 Å². The van der Waals surface area contributed by atoms with Crippen LogP contribution in [-0.4, -0.2) is 10.9 Å². The van der Waals surface area contributed by atoms with Crippen LogP contribution in [0.25, 0.3) is 6.08 Å². The van der Waals surface area contributed by atoms with Gasteiger partial charge in [0.2, 0.25) is 0 Å². The van der Waals surface area contributed by atoms with Crippen molar-refractivity contribution in [3.63, 3.8) is 0 Å². The first-order chi connectivity index (χ1) is 8.83. The Kier molecular flexibility index (Phi) is 3.92. The van der Waals surface area contributed by atoms with Crippen LogP contribution in [0.15, 0.2) is 66.3 Å². The molecule has 2 nitrogen and oxygen atoms in total. The number of benzene rings is 2. The van der Waals surface area contributed by atoms with E-state index >= 15 is 0 Å². The van der Waals surface area contributed by atoms with Crippen LogP contribution in [0.3, 0.4) is 0 Å². The lowest BCUT2D eigenvalue weighted by Crippen LogP contribution is -2.05. The summed E-state index contributed by atoms with van der Waals surface area (Å²) in [6, 6.07) is 17.8. The van der Waals surface area contributed by atoms with E-state index < -0.39 is 0 Å². The molecule has 2 aromatic carbocycles. The molecule has 1 N–H and O–H groups in total. The van der Waals surface area contributed by atoms with E-state index in [1.54, 1.807) is 6.08 Å². The Morgan fingerprint density at radius 1 is 1.06 bits per heavy atom. The Morgan fingerprint density at radius 2 is 1.72 bits per heavy atom. The molecule has 90 valence electrons. The Labute approximate surface area is 107 Å². The zero-order valence-corrected chi connectivity index (χ0v) is 10.1. The van der Waals surface area contributed by atoms with Crippen molar-refractivity contribution in [1.82, 2.24) is 0 Å². The van der Waals surface area contributed by atoms with Gasteiger partial charge in [0, 0.05) is 6.42 Å². The molecule has 2 rings (SSSR count). The summed E-state index contributed by atoms with van der Waals surface area (Å²) in [5.41, 5.74) is 3.76. The molecule has 0 radical (unpaired) electrons. The third-order valence-electron chi connectivity index (χ3n) is 2.81. The highest BCUT2D eigenvalue weighted by molar-refractivity contribution is 6.01. The molecule has 2 aromatic rings.